The van der Waals surface area contributed by atoms with Gasteiger partial charge in [-0.1, -0.05) is 6.42 Å². The number of aliphatic hydroxyl groups is 1. The van der Waals surface area contributed by atoms with Crippen molar-refractivity contribution in [3.05, 3.63) is 0 Å². The summed E-state index contributed by atoms with van der Waals surface area (Å²) in [6.45, 7) is 4.06. The van der Waals surface area contributed by atoms with Gasteiger partial charge in [0.2, 0.25) is 0 Å². The third kappa shape index (κ3) is 2.10. The normalized spacial score (nSPS) is 41.7. The van der Waals surface area contributed by atoms with Crippen molar-refractivity contribution in [2.75, 3.05) is 13.2 Å². The molecule has 4 atom stereocenters. The van der Waals surface area contributed by atoms with Gasteiger partial charge in [-0.2, -0.15) is 0 Å². The number of rotatable bonds is 5. The molecule has 3 heteroatoms. The molecule has 3 aliphatic carbocycles. The lowest BCUT2D eigenvalue weighted by atomic mass is 9.51. The lowest BCUT2D eigenvalue weighted by Crippen LogP contribution is -2.67. The van der Waals surface area contributed by atoms with Crippen molar-refractivity contribution >= 4 is 0 Å². The highest BCUT2D eigenvalue weighted by Crippen LogP contribution is 2.57. The van der Waals surface area contributed by atoms with Gasteiger partial charge in [0.1, 0.15) is 0 Å². The van der Waals surface area contributed by atoms with Crippen molar-refractivity contribution in [1.29, 1.82) is 0 Å². The summed E-state index contributed by atoms with van der Waals surface area (Å²) < 4.78 is 5.87. The molecule has 0 bridgehead atoms. The predicted molar refractivity (Wildman–Crippen MR) is 71.5 cm³/mol. The van der Waals surface area contributed by atoms with Crippen LogP contribution in [0, 0.1) is 11.3 Å². The zero-order valence-electron chi connectivity index (χ0n) is 11.5. The Morgan fingerprint density at radius 1 is 1.28 bits per heavy atom. The molecule has 1 spiro atoms. The molecule has 104 valence electrons. The fourth-order valence-electron chi connectivity index (χ4n) is 4.27. The molecule has 3 rings (SSSR count). The van der Waals surface area contributed by atoms with Crippen LogP contribution in [0.3, 0.4) is 0 Å². The Morgan fingerprint density at radius 3 is 2.67 bits per heavy atom. The van der Waals surface area contributed by atoms with Crippen LogP contribution in [0.4, 0.5) is 0 Å². The van der Waals surface area contributed by atoms with E-state index in [1.807, 2.05) is 0 Å². The molecule has 0 heterocycles. The minimum absolute atomic E-state index is 0.0352. The molecule has 0 aliphatic heterocycles. The smallest absolute Gasteiger partial charge is 0.0661 e. The summed E-state index contributed by atoms with van der Waals surface area (Å²) in [6, 6.07) is 0.681. The van der Waals surface area contributed by atoms with Crippen LogP contribution >= 0.6 is 0 Å². The maximum Gasteiger partial charge on any atom is 0.0661 e. The lowest BCUT2D eigenvalue weighted by molar-refractivity contribution is -0.173. The monoisotopic (exact) mass is 253 g/mol. The third-order valence-electron chi connectivity index (χ3n) is 5.60. The largest absolute Gasteiger partial charge is 0.393 e. The molecule has 3 fully saturated rings. The summed E-state index contributed by atoms with van der Waals surface area (Å²) in [4.78, 5) is 0. The molecule has 3 saturated carbocycles. The molecule has 2 N–H and O–H groups in total. The van der Waals surface area contributed by atoms with Crippen LogP contribution in [0.2, 0.25) is 0 Å². The van der Waals surface area contributed by atoms with E-state index in [0.29, 0.717) is 23.5 Å². The van der Waals surface area contributed by atoms with Crippen LogP contribution in [0.15, 0.2) is 0 Å². The van der Waals surface area contributed by atoms with Gasteiger partial charge >= 0.3 is 0 Å². The Hall–Kier alpha value is -0.120. The lowest BCUT2D eigenvalue weighted by Gasteiger charge is -2.61. The second-order valence-electron chi connectivity index (χ2n) is 6.56. The van der Waals surface area contributed by atoms with Crippen LogP contribution in [0.1, 0.15) is 51.9 Å². The SMILES string of the molecule is CCOC1CC(NCC2CCC(O)C2)C12CCC2. The first kappa shape index (κ1) is 12.9. The van der Waals surface area contributed by atoms with E-state index >= 15 is 0 Å². The van der Waals surface area contributed by atoms with E-state index in [9.17, 15) is 5.11 Å². The Balaban J connectivity index is 1.46. The summed E-state index contributed by atoms with van der Waals surface area (Å²) >= 11 is 0. The van der Waals surface area contributed by atoms with Crippen LogP contribution in [0.5, 0.6) is 0 Å². The Morgan fingerprint density at radius 2 is 2.11 bits per heavy atom. The minimum Gasteiger partial charge on any atom is -0.393 e. The second kappa shape index (κ2) is 5.10. The number of hydrogen-bond donors (Lipinski definition) is 2. The standard InChI is InChI=1S/C15H27NO2/c1-2-18-14-9-13(15(14)6-3-7-15)16-10-11-4-5-12(17)8-11/h11-14,16-17H,2-10H2,1H3. The first-order valence-corrected chi connectivity index (χ1v) is 7.77. The summed E-state index contributed by atoms with van der Waals surface area (Å²) in [5, 5.41) is 13.3. The molecule has 0 radical (unpaired) electrons. The Bertz CT molecular complexity index is 290. The van der Waals surface area contributed by atoms with Gasteiger partial charge in [0, 0.05) is 18.1 Å². The van der Waals surface area contributed by atoms with Gasteiger partial charge in [-0.05, 0) is 57.9 Å². The first-order valence-electron chi connectivity index (χ1n) is 7.77. The molecule has 0 aromatic rings. The molecular formula is C15H27NO2. The highest BCUT2D eigenvalue weighted by atomic mass is 16.5. The number of hydrogen-bond acceptors (Lipinski definition) is 3. The average Bonchev–Trinajstić information content (AvgIpc) is 2.66. The molecule has 0 aromatic heterocycles. The fourth-order valence-corrected chi connectivity index (χ4v) is 4.27. The molecule has 18 heavy (non-hydrogen) atoms. The van der Waals surface area contributed by atoms with Crippen molar-refractivity contribution in [3.8, 4) is 0 Å². The molecular weight excluding hydrogens is 226 g/mol. The van der Waals surface area contributed by atoms with Gasteiger partial charge in [0.25, 0.3) is 0 Å². The minimum atomic E-state index is -0.0352. The summed E-state index contributed by atoms with van der Waals surface area (Å²) in [7, 11) is 0. The highest BCUT2D eigenvalue weighted by molar-refractivity contribution is 5.12. The zero-order valence-corrected chi connectivity index (χ0v) is 11.5. The Kier molecular flexibility index (Phi) is 3.65. The van der Waals surface area contributed by atoms with Crippen LogP contribution in [-0.4, -0.2) is 36.5 Å². The zero-order chi connectivity index (χ0) is 12.6. The van der Waals surface area contributed by atoms with E-state index < -0.39 is 0 Å². The number of ether oxygens (including phenoxy) is 1. The van der Waals surface area contributed by atoms with Gasteiger partial charge < -0.3 is 15.2 Å². The summed E-state index contributed by atoms with van der Waals surface area (Å²) in [5.74, 6) is 0.697. The van der Waals surface area contributed by atoms with Gasteiger partial charge in [-0.15, -0.1) is 0 Å². The number of nitrogens with one attached hydrogen (secondary N) is 1. The van der Waals surface area contributed by atoms with E-state index in [2.05, 4.69) is 12.2 Å². The second-order valence-corrected chi connectivity index (χ2v) is 6.56. The van der Waals surface area contributed by atoms with E-state index in [0.717, 1.165) is 26.0 Å². The van der Waals surface area contributed by atoms with E-state index in [1.165, 1.54) is 32.1 Å². The van der Waals surface area contributed by atoms with Crippen molar-refractivity contribution < 1.29 is 9.84 Å². The van der Waals surface area contributed by atoms with E-state index in [4.69, 9.17) is 4.74 Å². The van der Waals surface area contributed by atoms with Crippen LogP contribution in [-0.2, 0) is 4.74 Å². The first-order chi connectivity index (χ1) is 8.74. The van der Waals surface area contributed by atoms with E-state index in [-0.39, 0.29) is 6.10 Å². The summed E-state index contributed by atoms with van der Waals surface area (Å²) in [5.41, 5.74) is 0.479. The van der Waals surface area contributed by atoms with Gasteiger partial charge in [0.05, 0.1) is 12.2 Å². The maximum absolute atomic E-state index is 9.56. The van der Waals surface area contributed by atoms with Crippen molar-refractivity contribution in [3.63, 3.8) is 0 Å². The quantitative estimate of drug-likeness (QED) is 0.788. The van der Waals surface area contributed by atoms with Crippen molar-refractivity contribution in [1.82, 2.24) is 5.32 Å². The van der Waals surface area contributed by atoms with Crippen molar-refractivity contribution in [2.24, 2.45) is 11.3 Å². The van der Waals surface area contributed by atoms with Gasteiger partial charge in [-0.25, -0.2) is 0 Å². The third-order valence-corrected chi connectivity index (χ3v) is 5.60. The maximum atomic E-state index is 9.56. The predicted octanol–water partition coefficient (Wildman–Crippen LogP) is 2.08. The topological polar surface area (TPSA) is 41.5 Å². The fraction of sp³-hybridized carbons (Fsp3) is 1.00. The molecule has 0 amide bonds. The number of aliphatic hydroxyl groups excluding tert-OH is 1. The molecule has 3 aliphatic rings. The van der Waals surface area contributed by atoms with E-state index in [1.54, 1.807) is 0 Å². The highest BCUT2D eigenvalue weighted by Gasteiger charge is 2.58. The van der Waals surface area contributed by atoms with Gasteiger partial charge in [-0.3, -0.25) is 0 Å². The molecule has 0 aromatic carbocycles. The van der Waals surface area contributed by atoms with Crippen molar-refractivity contribution in [2.45, 2.75) is 70.1 Å². The Labute approximate surface area is 110 Å². The summed E-state index contributed by atoms with van der Waals surface area (Å²) in [6.07, 6.45) is 8.96. The van der Waals surface area contributed by atoms with Crippen LogP contribution < -0.4 is 5.32 Å². The van der Waals surface area contributed by atoms with Crippen LogP contribution in [0.25, 0.3) is 0 Å². The molecule has 3 nitrogen and oxygen atoms in total. The molecule has 4 unspecified atom stereocenters. The average molecular weight is 253 g/mol. The van der Waals surface area contributed by atoms with Gasteiger partial charge in [0.15, 0.2) is 0 Å². The molecule has 0 saturated heterocycles.